The number of aromatic nitrogens is 2. The van der Waals surface area contributed by atoms with Gasteiger partial charge in [-0.1, -0.05) is 15.9 Å². The van der Waals surface area contributed by atoms with Crippen LogP contribution in [0, 0.1) is 0 Å². The molecule has 5 rings (SSSR count). The summed E-state index contributed by atoms with van der Waals surface area (Å²) in [5.74, 6) is 1.46. The van der Waals surface area contributed by atoms with Crippen LogP contribution in [-0.2, 0) is 4.74 Å². The second-order valence-electron chi connectivity index (χ2n) is 6.68. The predicted octanol–water partition coefficient (Wildman–Crippen LogP) is 4.17. The van der Waals surface area contributed by atoms with E-state index in [1.165, 1.54) is 0 Å². The van der Waals surface area contributed by atoms with E-state index < -0.39 is 0 Å². The Morgan fingerprint density at radius 2 is 2.04 bits per heavy atom. The van der Waals surface area contributed by atoms with E-state index in [4.69, 9.17) is 18.9 Å². The highest BCUT2D eigenvalue weighted by Gasteiger charge is 2.14. The van der Waals surface area contributed by atoms with Crippen molar-refractivity contribution in [2.45, 2.75) is 6.10 Å². The minimum Gasteiger partial charge on any atom is -0.491 e. The molecule has 0 amide bonds. The lowest BCUT2D eigenvalue weighted by molar-refractivity contribution is 0.000198. The molecule has 3 heterocycles. The number of nitrogens with one attached hydrogen (secondary N) is 1. The molecule has 142 valence electrons. The molecule has 0 spiro atoms. The molecular formula is C21H18BrN3O3. The summed E-state index contributed by atoms with van der Waals surface area (Å²) in [7, 11) is 0. The molecule has 7 heteroatoms. The molecule has 0 saturated carbocycles. The van der Waals surface area contributed by atoms with Crippen molar-refractivity contribution in [2.75, 3.05) is 26.3 Å². The Balaban J connectivity index is 1.38. The summed E-state index contributed by atoms with van der Waals surface area (Å²) < 4.78 is 18.3. The average molecular weight is 440 g/mol. The van der Waals surface area contributed by atoms with Gasteiger partial charge in [0.2, 0.25) is 0 Å². The number of benzene rings is 2. The first kappa shape index (κ1) is 17.6. The van der Waals surface area contributed by atoms with Gasteiger partial charge < -0.3 is 19.2 Å². The smallest absolute Gasteiger partial charge is 0.172 e. The highest BCUT2D eigenvalue weighted by molar-refractivity contribution is 9.10. The third kappa shape index (κ3) is 3.48. The number of furan rings is 1. The molecule has 6 nitrogen and oxygen atoms in total. The van der Waals surface area contributed by atoms with Gasteiger partial charge in [0.1, 0.15) is 29.6 Å². The second kappa shape index (κ2) is 7.50. The first-order valence-corrected chi connectivity index (χ1v) is 9.96. The molecule has 1 saturated heterocycles. The number of morpholine rings is 1. The van der Waals surface area contributed by atoms with Crippen LogP contribution in [0.5, 0.6) is 5.75 Å². The molecule has 4 aromatic rings. The van der Waals surface area contributed by atoms with E-state index in [0.717, 1.165) is 52.0 Å². The summed E-state index contributed by atoms with van der Waals surface area (Å²) in [5.41, 5.74) is 3.21. The van der Waals surface area contributed by atoms with Gasteiger partial charge in [-0.05, 0) is 42.5 Å². The molecule has 1 fully saturated rings. The van der Waals surface area contributed by atoms with Gasteiger partial charge in [0.25, 0.3) is 0 Å². The average Bonchev–Trinajstić information content (AvgIpc) is 3.10. The minimum atomic E-state index is 0.0906. The van der Waals surface area contributed by atoms with Gasteiger partial charge in [0.05, 0.1) is 12.8 Å². The largest absolute Gasteiger partial charge is 0.491 e. The Bertz CT molecular complexity index is 1120. The molecule has 0 bridgehead atoms. The summed E-state index contributed by atoms with van der Waals surface area (Å²) in [4.78, 5) is 9.19. The Kier molecular flexibility index (Phi) is 4.72. The van der Waals surface area contributed by atoms with E-state index in [1.54, 1.807) is 6.20 Å². The monoisotopic (exact) mass is 439 g/mol. The molecule has 1 unspecified atom stereocenters. The fraction of sp³-hybridized carbons (Fsp3) is 0.238. The van der Waals surface area contributed by atoms with Gasteiger partial charge in [-0.3, -0.25) is 0 Å². The molecule has 0 radical (unpaired) electrons. The zero-order chi connectivity index (χ0) is 18.9. The van der Waals surface area contributed by atoms with Crippen molar-refractivity contribution in [1.29, 1.82) is 0 Å². The second-order valence-corrected chi connectivity index (χ2v) is 7.60. The van der Waals surface area contributed by atoms with Crippen molar-refractivity contribution in [2.24, 2.45) is 0 Å². The van der Waals surface area contributed by atoms with Crippen molar-refractivity contribution in [3.8, 4) is 17.1 Å². The molecule has 28 heavy (non-hydrogen) atoms. The standard InChI is InChI=1S/C21H18BrN3O3/c22-14-3-6-18-17(9-14)20-19(28-18)11-24-21(25-20)13-1-4-15(5-2-13)27-12-16-10-23-7-8-26-16/h1-6,9,11,16,23H,7-8,10,12H2. The highest BCUT2D eigenvalue weighted by atomic mass is 79.9. The van der Waals surface area contributed by atoms with Crippen LogP contribution in [0.15, 0.2) is 57.6 Å². The summed E-state index contributed by atoms with van der Waals surface area (Å²) in [5, 5.41) is 4.26. The zero-order valence-electron chi connectivity index (χ0n) is 15.0. The maximum Gasteiger partial charge on any atom is 0.172 e. The van der Waals surface area contributed by atoms with Crippen LogP contribution in [0.3, 0.4) is 0 Å². The molecule has 2 aromatic carbocycles. The SMILES string of the molecule is Brc1ccc2oc3cnc(-c4ccc(OCC5CNCCO5)cc4)nc3c2c1. The molecule has 1 aliphatic heterocycles. The van der Waals surface area contributed by atoms with Crippen molar-refractivity contribution in [3.63, 3.8) is 0 Å². The molecule has 0 aliphatic carbocycles. The molecule has 2 aromatic heterocycles. The summed E-state index contributed by atoms with van der Waals surface area (Å²) in [6.45, 7) is 2.98. The number of ether oxygens (including phenoxy) is 2. The number of rotatable bonds is 4. The lowest BCUT2D eigenvalue weighted by atomic mass is 10.2. The van der Waals surface area contributed by atoms with Crippen LogP contribution in [0.25, 0.3) is 33.5 Å². The van der Waals surface area contributed by atoms with Gasteiger partial charge in [-0.25, -0.2) is 9.97 Å². The molecule has 1 atom stereocenters. The summed E-state index contributed by atoms with van der Waals surface area (Å²) >= 11 is 3.51. The Hall–Kier alpha value is -2.48. The van der Waals surface area contributed by atoms with Gasteiger partial charge in [0, 0.05) is 28.5 Å². The maximum atomic E-state index is 5.84. The lowest BCUT2D eigenvalue weighted by Gasteiger charge is -2.23. The van der Waals surface area contributed by atoms with Gasteiger partial charge in [-0.15, -0.1) is 0 Å². The van der Waals surface area contributed by atoms with Crippen molar-refractivity contribution >= 4 is 38.0 Å². The lowest BCUT2D eigenvalue weighted by Crippen LogP contribution is -2.41. The van der Waals surface area contributed by atoms with E-state index in [9.17, 15) is 0 Å². The zero-order valence-corrected chi connectivity index (χ0v) is 16.6. The van der Waals surface area contributed by atoms with Crippen LogP contribution in [0.4, 0.5) is 0 Å². The van der Waals surface area contributed by atoms with Crippen LogP contribution in [-0.4, -0.2) is 42.4 Å². The molecule has 1 N–H and O–H groups in total. The summed E-state index contributed by atoms with van der Waals surface area (Å²) in [6.07, 6.45) is 1.82. The Labute approximate surface area is 170 Å². The molecule has 1 aliphatic rings. The van der Waals surface area contributed by atoms with E-state index in [0.29, 0.717) is 18.0 Å². The third-order valence-electron chi connectivity index (χ3n) is 4.72. The number of fused-ring (bicyclic) bond motifs is 3. The number of nitrogens with zero attached hydrogens (tertiary/aromatic N) is 2. The van der Waals surface area contributed by atoms with Gasteiger partial charge in [0.15, 0.2) is 11.4 Å². The van der Waals surface area contributed by atoms with Gasteiger partial charge in [-0.2, -0.15) is 0 Å². The number of hydrogen-bond acceptors (Lipinski definition) is 6. The Morgan fingerprint density at radius 1 is 1.14 bits per heavy atom. The van der Waals surface area contributed by atoms with Crippen molar-refractivity contribution in [1.82, 2.24) is 15.3 Å². The Morgan fingerprint density at radius 3 is 2.86 bits per heavy atom. The maximum absolute atomic E-state index is 5.84. The number of halogens is 1. The van der Waals surface area contributed by atoms with Crippen LogP contribution < -0.4 is 10.1 Å². The third-order valence-corrected chi connectivity index (χ3v) is 5.22. The topological polar surface area (TPSA) is 69.4 Å². The first-order chi connectivity index (χ1) is 13.8. The summed E-state index contributed by atoms with van der Waals surface area (Å²) in [6, 6.07) is 13.7. The van der Waals surface area contributed by atoms with Crippen LogP contribution in [0.1, 0.15) is 0 Å². The minimum absolute atomic E-state index is 0.0906. The number of hydrogen-bond donors (Lipinski definition) is 1. The van der Waals surface area contributed by atoms with Gasteiger partial charge >= 0.3 is 0 Å². The normalized spacial score (nSPS) is 17.2. The highest BCUT2D eigenvalue weighted by Crippen LogP contribution is 2.30. The van der Waals surface area contributed by atoms with E-state index in [2.05, 4.69) is 26.2 Å². The predicted molar refractivity (Wildman–Crippen MR) is 111 cm³/mol. The van der Waals surface area contributed by atoms with Crippen molar-refractivity contribution < 1.29 is 13.9 Å². The quantitative estimate of drug-likeness (QED) is 0.514. The van der Waals surface area contributed by atoms with E-state index in [-0.39, 0.29) is 6.10 Å². The fourth-order valence-corrected chi connectivity index (χ4v) is 3.65. The van der Waals surface area contributed by atoms with Crippen LogP contribution in [0.2, 0.25) is 0 Å². The van der Waals surface area contributed by atoms with E-state index in [1.807, 2.05) is 42.5 Å². The first-order valence-electron chi connectivity index (χ1n) is 9.17. The molecular weight excluding hydrogens is 422 g/mol. The van der Waals surface area contributed by atoms with E-state index >= 15 is 0 Å². The van der Waals surface area contributed by atoms with Crippen molar-refractivity contribution in [3.05, 3.63) is 53.1 Å². The van der Waals surface area contributed by atoms with Crippen LogP contribution >= 0.6 is 15.9 Å². The fourth-order valence-electron chi connectivity index (χ4n) is 3.29.